The molecule has 3 rings (SSSR count). The number of halogens is 2. The number of benzene rings is 1. The molecule has 17 heavy (non-hydrogen) atoms. The molecule has 0 atom stereocenters. The molecule has 2 heterocycles. The van der Waals surface area contributed by atoms with Crippen LogP contribution in [0.5, 0.6) is 0 Å². The maximum absolute atomic E-state index is 5.97. The number of nitrogens with zero attached hydrogens (tertiary/aromatic N) is 3. The highest BCUT2D eigenvalue weighted by molar-refractivity contribution is 6.32. The Morgan fingerprint density at radius 3 is 2.53 bits per heavy atom. The van der Waals surface area contributed by atoms with E-state index >= 15 is 0 Å². The Kier molecular flexibility index (Phi) is 2.50. The van der Waals surface area contributed by atoms with Gasteiger partial charge in [0.05, 0.1) is 11.9 Å². The highest BCUT2D eigenvalue weighted by Crippen LogP contribution is 2.24. The zero-order valence-corrected chi connectivity index (χ0v) is 10.2. The van der Waals surface area contributed by atoms with E-state index in [1.165, 1.54) is 0 Å². The molecule has 0 saturated heterocycles. The fourth-order valence-electron chi connectivity index (χ4n) is 1.72. The summed E-state index contributed by atoms with van der Waals surface area (Å²) < 4.78 is 1.90. The van der Waals surface area contributed by atoms with Gasteiger partial charge in [0.25, 0.3) is 0 Å². The number of imidazole rings is 1. The molecule has 5 heteroatoms. The quantitative estimate of drug-likeness (QED) is 0.670. The van der Waals surface area contributed by atoms with Crippen molar-refractivity contribution in [2.24, 2.45) is 0 Å². The summed E-state index contributed by atoms with van der Waals surface area (Å²) in [6.07, 6.45) is 5.25. The highest BCUT2D eigenvalue weighted by Gasteiger charge is 2.08. The van der Waals surface area contributed by atoms with Gasteiger partial charge in [-0.2, -0.15) is 0 Å². The maximum Gasteiger partial charge on any atom is 0.175 e. The summed E-state index contributed by atoms with van der Waals surface area (Å²) >= 11 is 11.8. The van der Waals surface area contributed by atoms with Gasteiger partial charge in [-0.1, -0.05) is 35.3 Å². The lowest BCUT2D eigenvalue weighted by atomic mass is 10.2. The van der Waals surface area contributed by atoms with Gasteiger partial charge in [-0.15, -0.1) is 0 Å². The predicted molar refractivity (Wildman–Crippen MR) is 68.4 cm³/mol. The molecule has 0 N–H and O–H groups in total. The minimum absolute atomic E-state index is 0.396. The molecule has 0 aliphatic rings. The molecule has 1 aromatic carbocycles. The first-order chi connectivity index (χ1) is 8.25. The topological polar surface area (TPSA) is 30.2 Å². The van der Waals surface area contributed by atoms with Gasteiger partial charge >= 0.3 is 0 Å². The smallest absolute Gasteiger partial charge is 0.175 e. The molecule has 0 saturated carbocycles. The molecular formula is C12H7Cl2N3. The average molecular weight is 264 g/mol. The molecule has 0 bridgehead atoms. The molecule has 0 radical (unpaired) electrons. The molecule has 3 aromatic rings. The van der Waals surface area contributed by atoms with E-state index in [0.29, 0.717) is 15.8 Å². The zero-order valence-electron chi connectivity index (χ0n) is 8.64. The van der Waals surface area contributed by atoms with E-state index in [1.807, 2.05) is 34.9 Å². The van der Waals surface area contributed by atoms with Crippen molar-refractivity contribution < 1.29 is 0 Å². The van der Waals surface area contributed by atoms with E-state index in [9.17, 15) is 0 Å². The van der Waals surface area contributed by atoms with Crippen LogP contribution in [0.1, 0.15) is 0 Å². The van der Waals surface area contributed by atoms with Crippen LogP contribution in [-0.4, -0.2) is 14.4 Å². The van der Waals surface area contributed by atoms with Crippen molar-refractivity contribution in [3.8, 4) is 11.3 Å². The van der Waals surface area contributed by atoms with Gasteiger partial charge in [0.2, 0.25) is 0 Å². The van der Waals surface area contributed by atoms with Crippen LogP contribution in [0.25, 0.3) is 16.9 Å². The fraction of sp³-hybridized carbons (Fsp3) is 0. The van der Waals surface area contributed by atoms with Crippen molar-refractivity contribution in [2.75, 3.05) is 0 Å². The Morgan fingerprint density at radius 2 is 1.76 bits per heavy atom. The molecule has 84 valence electrons. The summed E-state index contributed by atoms with van der Waals surface area (Å²) in [5, 5.41) is 1.11. The van der Waals surface area contributed by atoms with Crippen LogP contribution < -0.4 is 0 Å². The van der Waals surface area contributed by atoms with Gasteiger partial charge in [0.1, 0.15) is 0 Å². The van der Waals surface area contributed by atoms with Crippen LogP contribution in [0, 0.1) is 0 Å². The summed E-state index contributed by atoms with van der Waals surface area (Å²) in [6, 6.07) is 7.58. The van der Waals surface area contributed by atoms with Crippen LogP contribution in [0.15, 0.2) is 42.9 Å². The van der Waals surface area contributed by atoms with Gasteiger partial charge in [0.15, 0.2) is 10.8 Å². The summed E-state index contributed by atoms with van der Waals surface area (Å²) in [5.41, 5.74) is 2.64. The zero-order chi connectivity index (χ0) is 11.8. The van der Waals surface area contributed by atoms with E-state index in [-0.39, 0.29) is 0 Å². The summed E-state index contributed by atoms with van der Waals surface area (Å²) in [6.45, 7) is 0. The van der Waals surface area contributed by atoms with Crippen LogP contribution >= 0.6 is 23.2 Å². The third kappa shape index (κ3) is 1.77. The normalized spacial score (nSPS) is 10.9. The van der Waals surface area contributed by atoms with Crippen molar-refractivity contribution in [1.29, 1.82) is 0 Å². The van der Waals surface area contributed by atoms with Crippen molar-refractivity contribution in [1.82, 2.24) is 14.4 Å². The third-order valence-electron chi connectivity index (χ3n) is 2.52. The monoisotopic (exact) mass is 263 g/mol. The van der Waals surface area contributed by atoms with Gasteiger partial charge in [-0.25, -0.2) is 9.97 Å². The van der Waals surface area contributed by atoms with Crippen molar-refractivity contribution >= 4 is 28.8 Å². The van der Waals surface area contributed by atoms with Gasteiger partial charge in [-0.05, 0) is 12.1 Å². The number of fused-ring (bicyclic) bond motifs is 1. The number of hydrogen-bond donors (Lipinski definition) is 0. The molecular weight excluding hydrogens is 257 g/mol. The second kappa shape index (κ2) is 4.02. The Balaban J connectivity index is 2.24. The lowest BCUT2D eigenvalue weighted by Crippen LogP contribution is -1.89. The Bertz CT molecular complexity index is 674. The number of aromatic nitrogens is 3. The number of hydrogen-bond acceptors (Lipinski definition) is 2. The minimum Gasteiger partial charge on any atom is -0.296 e. The first-order valence-corrected chi connectivity index (χ1v) is 5.75. The summed E-state index contributed by atoms with van der Waals surface area (Å²) in [4.78, 5) is 8.24. The van der Waals surface area contributed by atoms with Crippen LogP contribution in [-0.2, 0) is 0 Å². The Morgan fingerprint density at radius 1 is 1.00 bits per heavy atom. The molecule has 0 unspecified atom stereocenters. The largest absolute Gasteiger partial charge is 0.296 e. The Labute approximate surface area is 108 Å². The first-order valence-electron chi connectivity index (χ1n) is 4.99. The van der Waals surface area contributed by atoms with Crippen LogP contribution in [0.3, 0.4) is 0 Å². The standard InChI is InChI=1S/C12H7Cl2N3/c13-9-3-1-8(2-4-9)10-7-16-12-11(14)15-5-6-17(10)12/h1-7H. The molecule has 0 aliphatic heterocycles. The van der Waals surface area contributed by atoms with Gasteiger partial charge in [0, 0.05) is 23.0 Å². The molecule has 0 spiro atoms. The third-order valence-corrected chi connectivity index (χ3v) is 3.04. The molecule has 3 nitrogen and oxygen atoms in total. The summed E-state index contributed by atoms with van der Waals surface area (Å²) in [5.74, 6) is 0. The second-order valence-corrected chi connectivity index (χ2v) is 4.36. The molecule has 0 aliphatic carbocycles. The summed E-state index contributed by atoms with van der Waals surface area (Å²) in [7, 11) is 0. The lowest BCUT2D eigenvalue weighted by molar-refractivity contribution is 1.13. The first kappa shape index (κ1) is 10.6. The van der Waals surface area contributed by atoms with Gasteiger partial charge < -0.3 is 0 Å². The van der Waals surface area contributed by atoms with Crippen molar-refractivity contribution in [2.45, 2.75) is 0 Å². The van der Waals surface area contributed by atoms with E-state index in [1.54, 1.807) is 12.4 Å². The second-order valence-electron chi connectivity index (χ2n) is 3.56. The van der Waals surface area contributed by atoms with E-state index in [4.69, 9.17) is 23.2 Å². The van der Waals surface area contributed by atoms with E-state index in [0.717, 1.165) is 11.3 Å². The minimum atomic E-state index is 0.396. The van der Waals surface area contributed by atoms with E-state index < -0.39 is 0 Å². The van der Waals surface area contributed by atoms with Gasteiger partial charge in [-0.3, -0.25) is 4.40 Å². The Hall–Kier alpha value is -1.58. The highest BCUT2D eigenvalue weighted by atomic mass is 35.5. The molecule has 0 fully saturated rings. The number of rotatable bonds is 1. The van der Waals surface area contributed by atoms with Crippen LogP contribution in [0.2, 0.25) is 10.2 Å². The van der Waals surface area contributed by atoms with Crippen molar-refractivity contribution in [3.05, 3.63) is 53.0 Å². The van der Waals surface area contributed by atoms with E-state index in [2.05, 4.69) is 9.97 Å². The van der Waals surface area contributed by atoms with Crippen LogP contribution in [0.4, 0.5) is 0 Å². The lowest BCUT2D eigenvalue weighted by Gasteiger charge is -2.02. The predicted octanol–water partition coefficient (Wildman–Crippen LogP) is 3.70. The maximum atomic E-state index is 5.97. The van der Waals surface area contributed by atoms with Crippen molar-refractivity contribution in [3.63, 3.8) is 0 Å². The molecule has 2 aromatic heterocycles. The SMILES string of the molecule is Clc1ccc(-c2cnc3c(Cl)nccn23)cc1. The average Bonchev–Trinajstić information content (AvgIpc) is 2.75. The molecule has 0 amide bonds. The fourth-order valence-corrected chi connectivity index (χ4v) is 2.04.